The van der Waals surface area contributed by atoms with Gasteiger partial charge >= 0.3 is 0 Å². The van der Waals surface area contributed by atoms with Crippen LogP contribution in [0.2, 0.25) is 0 Å². The van der Waals surface area contributed by atoms with E-state index in [4.69, 9.17) is 4.74 Å². The van der Waals surface area contributed by atoms with Gasteiger partial charge in [0.15, 0.2) is 0 Å². The van der Waals surface area contributed by atoms with Gasteiger partial charge in [0.2, 0.25) is 5.91 Å². The molecule has 0 aliphatic heterocycles. The van der Waals surface area contributed by atoms with E-state index in [0.29, 0.717) is 6.61 Å². The van der Waals surface area contributed by atoms with E-state index < -0.39 is 5.60 Å². The molecule has 0 saturated carbocycles. The van der Waals surface area contributed by atoms with Gasteiger partial charge in [0.1, 0.15) is 5.60 Å². The molecule has 0 radical (unpaired) electrons. The van der Waals surface area contributed by atoms with Crippen molar-refractivity contribution < 1.29 is 14.6 Å². The molecule has 0 bridgehead atoms. The van der Waals surface area contributed by atoms with E-state index >= 15 is 0 Å². The van der Waals surface area contributed by atoms with Gasteiger partial charge in [-0.25, -0.2) is 0 Å². The number of hydrogen-bond acceptors (Lipinski definition) is 4. The monoisotopic (exact) mass is 257 g/mol. The molecule has 1 heterocycles. The van der Waals surface area contributed by atoms with Crippen molar-refractivity contribution in [2.24, 2.45) is 5.92 Å². The van der Waals surface area contributed by atoms with Gasteiger partial charge in [0.25, 0.3) is 0 Å². The van der Waals surface area contributed by atoms with Gasteiger partial charge in [-0.05, 0) is 29.3 Å². The highest BCUT2D eigenvalue weighted by Gasteiger charge is 2.25. The maximum Gasteiger partial charge on any atom is 0.225 e. The zero-order valence-electron chi connectivity index (χ0n) is 10.4. The molecule has 0 aliphatic carbocycles. The SMILES string of the molecule is COCC(C)C(=O)NCC(C)(O)c1ccsc1. The third-order valence-electron chi connectivity index (χ3n) is 2.61. The minimum atomic E-state index is -1.03. The number of thiophene rings is 1. The quantitative estimate of drug-likeness (QED) is 0.809. The topological polar surface area (TPSA) is 58.6 Å². The maximum atomic E-state index is 11.6. The molecule has 1 amide bonds. The van der Waals surface area contributed by atoms with Crippen molar-refractivity contribution in [3.8, 4) is 0 Å². The van der Waals surface area contributed by atoms with Crippen LogP contribution in [-0.2, 0) is 15.1 Å². The number of carbonyl (C=O) groups excluding carboxylic acids is 1. The summed E-state index contributed by atoms with van der Waals surface area (Å²) >= 11 is 1.52. The number of hydrogen-bond donors (Lipinski definition) is 2. The number of rotatable bonds is 6. The molecule has 0 spiro atoms. The molecule has 2 N–H and O–H groups in total. The lowest BCUT2D eigenvalue weighted by molar-refractivity contribution is -0.127. The Kier molecular flexibility index (Phi) is 5.11. The second-order valence-electron chi connectivity index (χ2n) is 4.36. The summed E-state index contributed by atoms with van der Waals surface area (Å²) in [4.78, 5) is 11.6. The molecule has 4 nitrogen and oxygen atoms in total. The van der Waals surface area contributed by atoms with Crippen molar-refractivity contribution in [1.82, 2.24) is 5.32 Å². The van der Waals surface area contributed by atoms with Gasteiger partial charge in [-0.15, -0.1) is 0 Å². The average Bonchev–Trinajstić information content (AvgIpc) is 2.80. The van der Waals surface area contributed by atoms with Crippen molar-refractivity contribution in [2.75, 3.05) is 20.3 Å². The molecule has 2 unspecified atom stereocenters. The summed E-state index contributed by atoms with van der Waals surface area (Å²) < 4.78 is 4.91. The first-order valence-corrected chi connectivity index (χ1v) is 6.43. The molecular weight excluding hydrogens is 238 g/mol. The molecule has 0 aromatic carbocycles. The molecule has 96 valence electrons. The number of aliphatic hydroxyl groups is 1. The van der Waals surface area contributed by atoms with Crippen LogP contribution in [-0.4, -0.2) is 31.3 Å². The lowest BCUT2D eigenvalue weighted by atomic mass is 9.99. The fourth-order valence-corrected chi connectivity index (χ4v) is 2.21. The highest BCUT2D eigenvalue weighted by atomic mass is 32.1. The Bertz CT molecular complexity index is 349. The van der Waals surface area contributed by atoms with Crippen LogP contribution >= 0.6 is 11.3 Å². The minimum Gasteiger partial charge on any atom is -0.384 e. The Morgan fingerprint density at radius 2 is 2.41 bits per heavy atom. The van der Waals surface area contributed by atoms with Crippen LogP contribution in [0.4, 0.5) is 0 Å². The van der Waals surface area contributed by atoms with E-state index in [1.165, 1.54) is 11.3 Å². The van der Waals surface area contributed by atoms with Gasteiger partial charge in [-0.3, -0.25) is 4.79 Å². The molecule has 0 aliphatic rings. The highest BCUT2D eigenvalue weighted by molar-refractivity contribution is 7.08. The largest absolute Gasteiger partial charge is 0.384 e. The normalized spacial score (nSPS) is 16.2. The summed E-state index contributed by atoms with van der Waals surface area (Å²) in [6, 6.07) is 1.86. The summed E-state index contributed by atoms with van der Waals surface area (Å²) in [5.74, 6) is -0.319. The van der Waals surface area contributed by atoms with Crippen molar-refractivity contribution in [1.29, 1.82) is 0 Å². The van der Waals surface area contributed by atoms with Crippen LogP contribution in [0.3, 0.4) is 0 Å². The van der Waals surface area contributed by atoms with Gasteiger partial charge in [-0.1, -0.05) is 6.92 Å². The standard InChI is InChI=1S/C12H19NO3S/c1-9(6-16-3)11(14)13-8-12(2,15)10-4-5-17-7-10/h4-5,7,9,15H,6,8H2,1-3H3,(H,13,14). The maximum absolute atomic E-state index is 11.6. The first-order valence-electron chi connectivity index (χ1n) is 5.49. The lowest BCUT2D eigenvalue weighted by Crippen LogP contribution is -2.41. The van der Waals surface area contributed by atoms with Crippen LogP contribution in [0.25, 0.3) is 0 Å². The van der Waals surface area contributed by atoms with Crippen LogP contribution in [0.5, 0.6) is 0 Å². The van der Waals surface area contributed by atoms with E-state index in [-0.39, 0.29) is 18.4 Å². The van der Waals surface area contributed by atoms with Gasteiger partial charge in [-0.2, -0.15) is 11.3 Å². The van der Waals surface area contributed by atoms with E-state index in [1.54, 1.807) is 21.0 Å². The Balaban J connectivity index is 2.47. The summed E-state index contributed by atoms with van der Waals surface area (Å²) in [7, 11) is 1.56. The molecule has 17 heavy (non-hydrogen) atoms. The molecule has 1 rings (SSSR count). The summed E-state index contributed by atoms with van der Waals surface area (Å²) in [5.41, 5.74) is -0.204. The highest BCUT2D eigenvalue weighted by Crippen LogP contribution is 2.22. The first kappa shape index (κ1) is 14.2. The van der Waals surface area contributed by atoms with Crippen molar-refractivity contribution in [3.05, 3.63) is 22.4 Å². The molecule has 1 aromatic heterocycles. The van der Waals surface area contributed by atoms with Crippen LogP contribution in [0.1, 0.15) is 19.4 Å². The Morgan fingerprint density at radius 3 is 2.94 bits per heavy atom. The number of nitrogens with one attached hydrogen (secondary N) is 1. The molecular formula is C12H19NO3S. The number of ether oxygens (including phenoxy) is 1. The van der Waals surface area contributed by atoms with Crippen molar-refractivity contribution in [2.45, 2.75) is 19.4 Å². The van der Waals surface area contributed by atoms with E-state index in [2.05, 4.69) is 5.32 Å². The zero-order chi connectivity index (χ0) is 12.9. The van der Waals surface area contributed by atoms with E-state index in [1.807, 2.05) is 16.8 Å². The third-order valence-corrected chi connectivity index (χ3v) is 3.30. The summed E-state index contributed by atoms with van der Waals surface area (Å²) in [5, 5.41) is 16.7. The molecule has 0 fully saturated rings. The Morgan fingerprint density at radius 1 is 1.71 bits per heavy atom. The average molecular weight is 257 g/mol. The smallest absolute Gasteiger partial charge is 0.225 e. The molecule has 1 aromatic rings. The predicted molar refractivity (Wildman–Crippen MR) is 67.9 cm³/mol. The minimum absolute atomic E-state index is 0.109. The zero-order valence-corrected chi connectivity index (χ0v) is 11.2. The van der Waals surface area contributed by atoms with Crippen LogP contribution < -0.4 is 5.32 Å². The predicted octanol–water partition coefficient (Wildman–Crippen LogP) is 1.35. The fourth-order valence-electron chi connectivity index (χ4n) is 1.43. The molecule has 2 atom stereocenters. The van der Waals surface area contributed by atoms with Gasteiger partial charge in [0.05, 0.1) is 19.1 Å². The Labute approximate surface area is 106 Å². The van der Waals surface area contributed by atoms with Crippen LogP contribution in [0.15, 0.2) is 16.8 Å². The van der Waals surface area contributed by atoms with Crippen molar-refractivity contribution >= 4 is 17.2 Å². The van der Waals surface area contributed by atoms with Gasteiger partial charge < -0.3 is 15.2 Å². The van der Waals surface area contributed by atoms with E-state index in [0.717, 1.165) is 5.56 Å². The number of carbonyl (C=O) groups is 1. The number of methoxy groups -OCH3 is 1. The summed E-state index contributed by atoms with van der Waals surface area (Å²) in [6.07, 6.45) is 0. The fraction of sp³-hybridized carbons (Fsp3) is 0.583. The third kappa shape index (κ3) is 4.11. The van der Waals surface area contributed by atoms with Crippen LogP contribution in [0, 0.1) is 5.92 Å². The molecule has 5 heteroatoms. The van der Waals surface area contributed by atoms with Crippen molar-refractivity contribution in [3.63, 3.8) is 0 Å². The van der Waals surface area contributed by atoms with Gasteiger partial charge in [0, 0.05) is 7.11 Å². The summed E-state index contributed by atoms with van der Waals surface area (Å²) in [6.45, 7) is 4.07. The Hall–Kier alpha value is -0.910. The first-order chi connectivity index (χ1) is 7.97. The van der Waals surface area contributed by atoms with E-state index in [9.17, 15) is 9.90 Å². The second kappa shape index (κ2) is 6.14. The number of amides is 1. The second-order valence-corrected chi connectivity index (χ2v) is 5.14. The lowest BCUT2D eigenvalue weighted by Gasteiger charge is -2.23. The molecule has 0 saturated heterocycles.